The van der Waals surface area contributed by atoms with Crippen LogP contribution in [-0.4, -0.2) is 28.0 Å². The molecular formula is C13H11FN3O3S-. The first-order valence-corrected chi connectivity index (χ1v) is 6.89. The Morgan fingerprint density at radius 2 is 2.10 bits per heavy atom. The van der Waals surface area contributed by atoms with Crippen LogP contribution in [0.2, 0.25) is 0 Å². The van der Waals surface area contributed by atoms with Crippen LogP contribution in [0.1, 0.15) is 18.9 Å². The Morgan fingerprint density at radius 1 is 1.43 bits per heavy atom. The molecule has 0 unspecified atom stereocenters. The van der Waals surface area contributed by atoms with E-state index in [1.165, 1.54) is 12.1 Å². The molecule has 8 heteroatoms. The Kier molecular flexibility index (Phi) is 4.69. The van der Waals surface area contributed by atoms with E-state index in [0.717, 1.165) is 11.8 Å². The van der Waals surface area contributed by atoms with Gasteiger partial charge in [-0.3, -0.25) is 4.79 Å². The molecular weight excluding hydrogens is 297 g/mol. The van der Waals surface area contributed by atoms with Gasteiger partial charge in [0.1, 0.15) is 5.82 Å². The summed E-state index contributed by atoms with van der Waals surface area (Å²) < 4.78 is 12.8. The van der Waals surface area contributed by atoms with Gasteiger partial charge in [0.05, 0.1) is 11.0 Å². The average Bonchev–Trinajstić information content (AvgIpc) is 2.77. The predicted molar refractivity (Wildman–Crippen MR) is 75.2 cm³/mol. The van der Waals surface area contributed by atoms with Gasteiger partial charge in [-0.15, -0.1) is 5.10 Å². The smallest absolute Gasteiger partial charge is 0.239 e. The lowest BCUT2D eigenvalue weighted by atomic mass is 10.1. The molecule has 1 aromatic carbocycles. The normalized spacial score (nSPS) is 20.7. The quantitative estimate of drug-likeness (QED) is 0.638. The Morgan fingerprint density at radius 3 is 2.71 bits per heavy atom. The van der Waals surface area contributed by atoms with E-state index in [0.29, 0.717) is 11.3 Å². The minimum Gasteiger partial charge on any atom is -0.550 e. The van der Waals surface area contributed by atoms with Gasteiger partial charge >= 0.3 is 0 Å². The van der Waals surface area contributed by atoms with E-state index in [-0.39, 0.29) is 17.4 Å². The number of carboxylic acids is 1. The topological polar surface area (TPSA) is 94.0 Å². The number of hydrogen-bond acceptors (Lipinski definition) is 6. The van der Waals surface area contributed by atoms with Crippen molar-refractivity contribution in [1.29, 1.82) is 0 Å². The van der Waals surface area contributed by atoms with E-state index in [1.807, 2.05) is 0 Å². The molecule has 1 atom stereocenters. The van der Waals surface area contributed by atoms with E-state index in [4.69, 9.17) is 0 Å². The molecule has 0 spiro atoms. The fourth-order valence-electron chi connectivity index (χ4n) is 1.61. The monoisotopic (exact) mass is 308 g/mol. The minimum absolute atomic E-state index is 0.229. The minimum atomic E-state index is -1.30. The van der Waals surface area contributed by atoms with Crippen LogP contribution in [0, 0.1) is 5.82 Å². The van der Waals surface area contributed by atoms with Gasteiger partial charge in [0.2, 0.25) is 5.91 Å². The first kappa shape index (κ1) is 15.2. The first-order valence-electron chi connectivity index (χ1n) is 6.01. The Balaban J connectivity index is 2.07. The average molecular weight is 308 g/mol. The van der Waals surface area contributed by atoms with Gasteiger partial charge < -0.3 is 15.2 Å². The molecule has 21 heavy (non-hydrogen) atoms. The molecule has 0 radical (unpaired) electrons. The summed E-state index contributed by atoms with van der Waals surface area (Å²) in [6.45, 7) is 1.69. The zero-order valence-corrected chi connectivity index (χ0v) is 11.8. The number of carboxylic acid groups (broad SMARTS) is 1. The molecule has 1 aromatic rings. The molecule has 1 aliphatic rings. The van der Waals surface area contributed by atoms with Crippen molar-refractivity contribution in [2.75, 3.05) is 0 Å². The number of hydrogen-bond donors (Lipinski definition) is 1. The fraction of sp³-hybridized carbons (Fsp3) is 0.231. The summed E-state index contributed by atoms with van der Waals surface area (Å²) in [5, 5.41) is 20.2. The molecule has 110 valence electrons. The SMILES string of the molecule is CC(=N/N=C1/NC(=O)[C@@H](CC(=O)[O-])S1)c1ccc(F)cc1. The zero-order chi connectivity index (χ0) is 15.4. The van der Waals surface area contributed by atoms with E-state index in [2.05, 4.69) is 15.5 Å². The number of nitrogens with zero attached hydrogens (tertiary/aromatic N) is 2. The summed E-state index contributed by atoms with van der Waals surface area (Å²) in [6.07, 6.45) is -0.379. The first-order chi connectivity index (χ1) is 9.95. The molecule has 1 fully saturated rings. The Labute approximate surface area is 124 Å². The van der Waals surface area contributed by atoms with Crippen molar-refractivity contribution in [2.45, 2.75) is 18.6 Å². The lowest BCUT2D eigenvalue weighted by molar-refractivity contribution is -0.305. The lowest BCUT2D eigenvalue weighted by Crippen LogP contribution is -2.31. The maximum Gasteiger partial charge on any atom is 0.239 e. The van der Waals surface area contributed by atoms with Crippen molar-refractivity contribution >= 4 is 34.5 Å². The van der Waals surface area contributed by atoms with Crippen LogP contribution >= 0.6 is 11.8 Å². The fourth-order valence-corrected chi connectivity index (χ4v) is 2.51. The summed E-state index contributed by atoms with van der Waals surface area (Å²) in [5.74, 6) is -2.07. The van der Waals surface area contributed by atoms with Crippen molar-refractivity contribution in [3.05, 3.63) is 35.6 Å². The zero-order valence-electron chi connectivity index (χ0n) is 11.0. The number of rotatable bonds is 4. The number of halogens is 1. The second kappa shape index (κ2) is 6.49. The van der Waals surface area contributed by atoms with Crippen LogP contribution in [0.15, 0.2) is 34.5 Å². The van der Waals surface area contributed by atoms with Crippen LogP contribution in [-0.2, 0) is 9.59 Å². The number of aliphatic carboxylic acids is 1. The standard InChI is InChI=1S/C13H12FN3O3S/c1-7(8-2-4-9(14)5-3-8)16-17-13-15-12(20)10(21-13)6-11(18)19/h2-5,10H,6H2,1H3,(H,18,19)(H,15,17,20)/p-1/t10-/m1/s1. The van der Waals surface area contributed by atoms with Gasteiger partial charge in [-0.05, 0) is 24.6 Å². The highest BCUT2D eigenvalue weighted by Crippen LogP contribution is 2.22. The van der Waals surface area contributed by atoms with Crippen LogP contribution < -0.4 is 10.4 Å². The molecule has 1 heterocycles. The molecule has 0 saturated carbocycles. The molecule has 0 aliphatic carbocycles. The highest BCUT2D eigenvalue weighted by Gasteiger charge is 2.30. The van der Waals surface area contributed by atoms with Crippen molar-refractivity contribution < 1.29 is 19.1 Å². The second-order valence-corrected chi connectivity index (χ2v) is 5.46. The number of amidine groups is 1. The molecule has 1 amide bonds. The Bertz CT molecular complexity index is 628. The van der Waals surface area contributed by atoms with Crippen LogP contribution in [0.5, 0.6) is 0 Å². The maximum atomic E-state index is 12.8. The molecule has 1 saturated heterocycles. The Hall–Kier alpha value is -2.22. The molecule has 1 N–H and O–H groups in total. The van der Waals surface area contributed by atoms with Gasteiger partial charge in [0.15, 0.2) is 5.17 Å². The van der Waals surface area contributed by atoms with Crippen molar-refractivity contribution in [3.8, 4) is 0 Å². The van der Waals surface area contributed by atoms with E-state index in [9.17, 15) is 19.1 Å². The van der Waals surface area contributed by atoms with Crippen molar-refractivity contribution in [2.24, 2.45) is 10.2 Å². The number of carbonyl (C=O) groups is 2. The summed E-state index contributed by atoms with van der Waals surface area (Å²) in [7, 11) is 0. The largest absolute Gasteiger partial charge is 0.550 e. The third-order valence-electron chi connectivity index (χ3n) is 2.68. The number of thioether (sulfide) groups is 1. The van der Waals surface area contributed by atoms with E-state index >= 15 is 0 Å². The molecule has 1 aliphatic heterocycles. The summed E-state index contributed by atoms with van der Waals surface area (Å²) >= 11 is 0.988. The third kappa shape index (κ3) is 4.12. The van der Waals surface area contributed by atoms with Crippen molar-refractivity contribution in [3.63, 3.8) is 0 Å². The van der Waals surface area contributed by atoms with Gasteiger partial charge in [-0.2, -0.15) is 5.10 Å². The molecule has 0 bridgehead atoms. The highest BCUT2D eigenvalue weighted by atomic mass is 32.2. The van der Waals surface area contributed by atoms with Gasteiger partial charge in [0.25, 0.3) is 0 Å². The maximum absolute atomic E-state index is 12.8. The third-order valence-corrected chi connectivity index (χ3v) is 3.75. The second-order valence-electron chi connectivity index (χ2n) is 4.27. The lowest BCUT2D eigenvalue weighted by Gasteiger charge is -2.04. The van der Waals surface area contributed by atoms with E-state index < -0.39 is 17.1 Å². The van der Waals surface area contributed by atoms with Crippen LogP contribution in [0.3, 0.4) is 0 Å². The summed E-state index contributed by atoms with van der Waals surface area (Å²) in [6, 6.07) is 5.74. The number of benzene rings is 1. The van der Waals surface area contributed by atoms with Crippen molar-refractivity contribution in [1.82, 2.24) is 5.32 Å². The van der Waals surface area contributed by atoms with E-state index in [1.54, 1.807) is 19.1 Å². The molecule has 0 aromatic heterocycles. The number of nitrogens with one attached hydrogen (secondary N) is 1. The number of carbonyl (C=O) groups excluding carboxylic acids is 2. The van der Waals surface area contributed by atoms with Crippen LogP contribution in [0.25, 0.3) is 0 Å². The summed E-state index contributed by atoms with van der Waals surface area (Å²) in [4.78, 5) is 22.0. The molecule has 6 nitrogen and oxygen atoms in total. The van der Waals surface area contributed by atoms with Crippen LogP contribution in [0.4, 0.5) is 4.39 Å². The van der Waals surface area contributed by atoms with Gasteiger partial charge in [-0.25, -0.2) is 4.39 Å². The summed E-state index contributed by atoms with van der Waals surface area (Å²) in [5.41, 5.74) is 1.24. The van der Waals surface area contributed by atoms with Gasteiger partial charge in [-0.1, -0.05) is 23.9 Å². The number of amides is 1. The molecule has 2 rings (SSSR count). The van der Waals surface area contributed by atoms with Gasteiger partial charge in [0, 0.05) is 12.4 Å². The predicted octanol–water partition coefficient (Wildman–Crippen LogP) is 0.277. The highest BCUT2D eigenvalue weighted by molar-refractivity contribution is 8.15.